The molecule has 0 aliphatic heterocycles. The minimum Gasteiger partial charge on any atom is -0.463 e. The number of carbonyl (C=O) groups is 2. The number of hydrogen-bond acceptors (Lipinski definition) is 3. The highest BCUT2D eigenvalue weighted by Crippen LogP contribution is 2.65. The second-order valence-electron chi connectivity index (χ2n) is 10.0. The molecule has 0 unspecified atom stereocenters. The van der Waals surface area contributed by atoms with Crippen LogP contribution in [0.3, 0.4) is 0 Å². The number of Topliss-reactive ketones (excluding diaryl/α,β-unsaturated/α-hetero) is 1. The van der Waals surface area contributed by atoms with E-state index in [1.807, 2.05) is 0 Å². The molecule has 0 aromatic heterocycles. The maximum absolute atomic E-state index is 12.2. The van der Waals surface area contributed by atoms with Gasteiger partial charge in [-0.2, -0.15) is 0 Å². The molecule has 3 heteroatoms. The summed E-state index contributed by atoms with van der Waals surface area (Å²) in [4.78, 5) is 23.6. The molecule has 0 heterocycles. The fraction of sp³-hybridized carbons (Fsp3) is 0.826. The first-order chi connectivity index (χ1) is 12.3. The van der Waals surface area contributed by atoms with Crippen LogP contribution in [0.15, 0.2) is 11.6 Å². The number of fused-ring (bicyclic) bond motifs is 5. The van der Waals surface area contributed by atoms with Crippen LogP contribution in [0.1, 0.15) is 79.1 Å². The summed E-state index contributed by atoms with van der Waals surface area (Å²) in [6, 6.07) is 0. The van der Waals surface area contributed by atoms with E-state index >= 15 is 0 Å². The Kier molecular flexibility index (Phi) is 4.36. The highest BCUT2D eigenvalue weighted by Gasteiger charge is 2.58. The Morgan fingerprint density at radius 3 is 2.54 bits per heavy atom. The molecule has 0 aromatic rings. The van der Waals surface area contributed by atoms with Gasteiger partial charge in [0.25, 0.3) is 0 Å². The van der Waals surface area contributed by atoms with E-state index in [9.17, 15) is 9.59 Å². The Hall–Kier alpha value is -1.12. The number of esters is 1. The SMILES string of the molecule is CC(=O)O[C@@H]1CC[C@]2(C)C3=CC[C@@]4(C)[C@H](CC[C@H]4C(C)=O)[C@H]3CC[C@H]2C1. The fourth-order valence-corrected chi connectivity index (χ4v) is 7.50. The summed E-state index contributed by atoms with van der Waals surface area (Å²) in [6.07, 6.45) is 11.7. The van der Waals surface area contributed by atoms with E-state index in [1.54, 1.807) is 12.5 Å². The van der Waals surface area contributed by atoms with E-state index in [-0.39, 0.29) is 28.8 Å². The largest absolute Gasteiger partial charge is 0.463 e. The minimum absolute atomic E-state index is 0.116. The van der Waals surface area contributed by atoms with Crippen LogP contribution in [0, 0.1) is 34.5 Å². The first kappa shape index (κ1) is 18.3. The second kappa shape index (κ2) is 6.21. The molecule has 4 aliphatic rings. The lowest BCUT2D eigenvalue weighted by Crippen LogP contribution is -2.49. The first-order valence-corrected chi connectivity index (χ1v) is 10.6. The molecule has 0 amide bonds. The molecule has 0 saturated heterocycles. The molecule has 0 spiro atoms. The van der Waals surface area contributed by atoms with Crippen molar-refractivity contribution in [3.63, 3.8) is 0 Å². The molecular formula is C23H34O3. The quantitative estimate of drug-likeness (QED) is 0.510. The molecule has 3 fully saturated rings. The van der Waals surface area contributed by atoms with Crippen LogP contribution in [0.2, 0.25) is 0 Å². The Bertz CT molecular complexity index is 650. The van der Waals surface area contributed by atoms with Crippen molar-refractivity contribution in [2.45, 2.75) is 85.2 Å². The summed E-state index contributed by atoms with van der Waals surface area (Å²) < 4.78 is 5.55. The van der Waals surface area contributed by atoms with Gasteiger partial charge in [-0.1, -0.05) is 25.5 Å². The van der Waals surface area contributed by atoms with Crippen molar-refractivity contribution < 1.29 is 14.3 Å². The maximum Gasteiger partial charge on any atom is 0.302 e. The lowest BCUT2D eigenvalue weighted by Gasteiger charge is -2.56. The number of carbonyl (C=O) groups excluding carboxylic acids is 2. The van der Waals surface area contributed by atoms with E-state index in [0.29, 0.717) is 23.5 Å². The molecule has 0 bridgehead atoms. The number of ether oxygens (including phenoxy) is 1. The average Bonchev–Trinajstić information content (AvgIpc) is 2.92. The zero-order valence-electron chi connectivity index (χ0n) is 16.8. The van der Waals surface area contributed by atoms with E-state index < -0.39 is 0 Å². The number of hydrogen-bond donors (Lipinski definition) is 0. The molecule has 3 nitrogen and oxygen atoms in total. The summed E-state index contributed by atoms with van der Waals surface area (Å²) in [7, 11) is 0. The average molecular weight is 359 g/mol. The van der Waals surface area contributed by atoms with Gasteiger partial charge in [0.2, 0.25) is 0 Å². The zero-order chi connectivity index (χ0) is 18.7. The van der Waals surface area contributed by atoms with Crippen LogP contribution in [0.4, 0.5) is 0 Å². The predicted octanol–water partition coefficient (Wildman–Crippen LogP) is 5.09. The molecule has 0 radical (unpaired) electrons. The Morgan fingerprint density at radius 1 is 1.08 bits per heavy atom. The number of allylic oxidation sites excluding steroid dienone is 2. The monoisotopic (exact) mass is 358 g/mol. The van der Waals surface area contributed by atoms with Crippen LogP contribution in [0.25, 0.3) is 0 Å². The van der Waals surface area contributed by atoms with Gasteiger partial charge in [0, 0.05) is 12.8 Å². The second-order valence-corrected chi connectivity index (χ2v) is 10.0. The van der Waals surface area contributed by atoms with Gasteiger partial charge in [0.1, 0.15) is 11.9 Å². The van der Waals surface area contributed by atoms with E-state index in [2.05, 4.69) is 19.9 Å². The van der Waals surface area contributed by atoms with Gasteiger partial charge >= 0.3 is 5.97 Å². The summed E-state index contributed by atoms with van der Waals surface area (Å²) in [6.45, 7) is 8.18. The van der Waals surface area contributed by atoms with Gasteiger partial charge < -0.3 is 4.74 Å². The Morgan fingerprint density at radius 2 is 1.85 bits per heavy atom. The number of ketones is 1. The predicted molar refractivity (Wildman–Crippen MR) is 101 cm³/mol. The summed E-state index contributed by atoms with van der Waals surface area (Å²) in [5.41, 5.74) is 2.15. The van der Waals surface area contributed by atoms with Gasteiger partial charge in [-0.15, -0.1) is 0 Å². The van der Waals surface area contributed by atoms with Crippen molar-refractivity contribution in [1.82, 2.24) is 0 Å². The molecule has 26 heavy (non-hydrogen) atoms. The van der Waals surface area contributed by atoms with E-state index in [1.165, 1.54) is 26.2 Å². The highest BCUT2D eigenvalue weighted by molar-refractivity contribution is 5.79. The maximum atomic E-state index is 12.2. The molecule has 3 saturated carbocycles. The van der Waals surface area contributed by atoms with Crippen molar-refractivity contribution >= 4 is 11.8 Å². The normalized spacial score (nSPS) is 47.2. The first-order valence-electron chi connectivity index (χ1n) is 10.6. The third-order valence-corrected chi connectivity index (χ3v) is 8.80. The molecule has 0 aromatic carbocycles. The van der Waals surface area contributed by atoms with Crippen LogP contribution < -0.4 is 0 Å². The number of rotatable bonds is 2. The van der Waals surface area contributed by atoms with Crippen LogP contribution in [-0.2, 0) is 14.3 Å². The molecule has 0 N–H and O–H groups in total. The standard InChI is InChI=1S/C23H34O3/c1-14(24)19-7-8-20-18-6-5-16-13-17(26-15(2)25)9-11-22(16,3)21(18)10-12-23(19,20)4/h10,16-20H,5-9,11-13H2,1-4H3/t16-,17+,18+,19-,20+,22-,23+/m0/s1. The molecule has 144 valence electrons. The Labute approximate surface area is 157 Å². The fourth-order valence-electron chi connectivity index (χ4n) is 7.50. The van der Waals surface area contributed by atoms with Crippen LogP contribution in [-0.4, -0.2) is 17.9 Å². The lowest BCUT2D eigenvalue weighted by atomic mass is 9.48. The van der Waals surface area contributed by atoms with Crippen molar-refractivity contribution in [2.75, 3.05) is 0 Å². The van der Waals surface area contributed by atoms with Gasteiger partial charge in [-0.05, 0) is 86.9 Å². The molecular weight excluding hydrogens is 324 g/mol. The van der Waals surface area contributed by atoms with E-state index in [4.69, 9.17) is 4.74 Å². The topological polar surface area (TPSA) is 43.4 Å². The third kappa shape index (κ3) is 2.60. The summed E-state index contributed by atoms with van der Waals surface area (Å²) in [5, 5.41) is 0. The van der Waals surface area contributed by atoms with Crippen molar-refractivity contribution in [1.29, 1.82) is 0 Å². The molecule has 7 atom stereocenters. The molecule has 4 aliphatic carbocycles. The smallest absolute Gasteiger partial charge is 0.302 e. The Balaban J connectivity index is 1.59. The van der Waals surface area contributed by atoms with Gasteiger partial charge in [0.15, 0.2) is 0 Å². The van der Waals surface area contributed by atoms with Crippen molar-refractivity contribution in [2.24, 2.45) is 34.5 Å². The minimum atomic E-state index is -0.138. The van der Waals surface area contributed by atoms with E-state index in [0.717, 1.165) is 32.1 Å². The summed E-state index contributed by atoms with van der Waals surface area (Å²) >= 11 is 0. The van der Waals surface area contributed by atoms with Crippen LogP contribution >= 0.6 is 0 Å². The van der Waals surface area contributed by atoms with Crippen molar-refractivity contribution in [3.05, 3.63) is 11.6 Å². The molecule has 4 rings (SSSR count). The third-order valence-electron chi connectivity index (χ3n) is 8.80. The van der Waals surface area contributed by atoms with Gasteiger partial charge in [-0.25, -0.2) is 0 Å². The van der Waals surface area contributed by atoms with Gasteiger partial charge in [0.05, 0.1) is 0 Å². The van der Waals surface area contributed by atoms with Gasteiger partial charge in [-0.3, -0.25) is 9.59 Å². The van der Waals surface area contributed by atoms with Crippen molar-refractivity contribution in [3.8, 4) is 0 Å². The van der Waals surface area contributed by atoms with Crippen LogP contribution in [0.5, 0.6) is 0 Å². The lowest BCUT2D eigenvalue weighted by molar-refractivity contribution is -0.151. The summed E-state index contributed by atoms with van der Waals surface area (Å²) in [5.74, 6) is 2.51. The highest BCUT2D eigenvalue weighted by atomic mass is 16.5. The zero-order valence-corrected chi connectivity index (χ0v) is 16.8.